The van der Waals surface area contributed by atoms with E-state index in [1.54, 1.807) is 0 Å². The molecule has 0 spiro atoms. The molecule has 5 nitrogen and oxygen atoms in total. The van der Waals surface area contributed by atoms with E-state index in [1.807, 2.05) is 30.3 Å². The molecule has 1 aliphatic rings. The molecule has 1 aromatic rings. The van der Waals surface area contributed by atoms with Crippen LogP contribution in [0.4, 0.5) is 0 Å². The number of likely N-dealkylation sites (N-methyl/N-ethyl adjacent to an activating group) is 1. The number of ether oxygens (including phenoxy) is 2. The summed E-state index contributed by atoms with van der Waals surface area (Å²) in [6.07, 6.45) is 3.53. The monoisotopic (exact) mass is 434 g/mol. The third-order valence-corrected chi connectivity index (χ3v) is 5.01. The molecule has 1 atom stereocenters. The van der Waals surface area contributed by atoms with E-state index in [0.29, 0.717) is 19.8 Å². The number of benzene rings is 1. The predicted octanol–water partition coefficient (Wildman–Crippen LogP) is 3.96. The first-order valence-electron chi connectivity index (χ1n) is 10.0. The number of hydrogen-bond acceptors (Lipinski definition) is 5. The summed E-state index contributed by atoms with van der Waals surface area (Å²) in [4.78, 5) is 17.3. The Morgan fingerprint density at radius 3 is 2.25 bits per heavy atom. The van der Waals surface area contributed by atoms with E-state index in [0.717, 1.165) is 51.1 Å². The average molecular weight is 435 g/mol. The van der Waals surface area contributed by atoms with Crippen molar-refractivity contribution in [3.8, 4) is 0 Å². The maximum atomic E-state index is 12.7. The standard InChI is InChI=1S/C21H34N2O3.2ClH/c1-3-22(4-2)15-16-25-17-18-26-21(24)20(19-11-7-5-8-12-19)23-13-9-6-10-14-23;;/h5,7-8,11-12,20H,3-4,6,9-10,13-18H2,1-2H3;2*1H. The molecule has 1 unspecified atom stereocenters. The molecular formula is C21H36Cl2N2O3. The molecule has 0 radical (unpaired) electrons. The second-order valence-corrected chi connectivity index (χ2v) is 6.72. The molecule has 0 aliphatic carbocycles. The number of rotatable bonds is 11. The summed E-state index contributed by atoms with van der Waals surface area (Å²) in [5.74, 6) is -0.162. The van der Waals surface area contributed by atoms with Crippen molar-refractivity contribution in [2.75, 3.05) is 52.5 Å². The maximum Gasteiger partial charge on any atom is 0.328 e. The molecule has 2 rings (SSSR count). The van der Waals surface area contributed by atoms with Crippen molar-refractivity contribution in [1.29, 1.82) is 0 Å². The van der Waals surface area contributed by atoms with Crippen molar-refractivity contribution in [1.82, 2.24) is 9.80 Å². The number of esters is 1. The lowest BCUT2D eigenvalue weighted by atomic mass is 10.0. The SMILES string of the molecule is CCN(CC)CCOCCOC(=O)C(c1ccccc1)N1CCCCC1.Cl.Cl. The normalized spacial score (nSPS) is 15.4. The van der Waals surface area contributed by atoms with Crippen LogP contribution in [0.5, 0.6) is 0 Å². The van der Waals surface area contributed by atoms with Crippen LogP contribution in [0.2, 0.25) is 0 Å². The Bertz CT molecular complexity index is 510. The van der Waals surface area contributed by atoms with Gasteiger partial charge >= 0.3 is 5.97 Å². The van der Waals surface area contributed by atoms with Gasteiger partial charge in [0.25, 0.3) is 0 Å². The van der Waals surface area contributed by atoms with Gasteiger partial charge in [0.1, 0.15) is 12.6 Å². The number of carbonyl (C=O) groups excluding carboxylic acids is 1. The number of likely N-dealkylation sites (tertiary alicyclic amines) is 1. The van der Waals surface area contributed by atoms with Gasteiger partial charge in [-0.15, -0.1) is 24.8 Å². The number of carbonyl (C=O) groups is 1. The molecule has 0 amide bonds. The van der Waals surface area contributed by atoms with Crippen LogP contribution >= 0.6 is 24.8 Å². The summed E-state index contributed by atoms with van der Waals surface area (Å²) in [7, 11) is 0. The first-order valence-corrected chi connectivity index (χ1v) is 10.0. The summed E-state index contributed by atoms with van der Waals surface area (Å²) in [5.41, 5.74) is 1.02. The van der Waals surface area contributed by atoms with Crippen molar-refractivity contribution < 1.29 is 14.3 Å². The van der Waals surface area contributed by atoms with E-state index in [9.17, 15) is 4.79 Å². The molecule has 0 N–H and O–H groups in total. The van der Waals surface area contributed by atoms with Crippen LogP contribution in [0, 0.1) is 0 Å². The lowest BCUT2D eigenvalue weighted by molar-refractivity contribution is -0.152. The van der Waals surface area contributed by atoms with Crippen molar-refractivity contribution in [2.24, 2.45) is 0 Å². The quantitative estimate of drug-likeness (QED) is 0.389. The minimum Gasteiger partial charge on any atom is -0.462 e. The Morgan fingerprint density at radius 2 is 1.64 bits per heavy atom. The zero-order valence-corrected chi connectivity index (χ0v) is 18.8. The van der Waals surface area contributed by atoms with Crippen molar-refractivity contribution in [3.05, 3.63) is 35.9 Å². The van der Waals surface area contributed by atoms with Crippen LogP contribution in [0.3, 0.4) is 0 Å². The highest BCUT2D eigenvalue weighted by Crippen LogP contribution is 2.25. The fourth-order valence-electron chi connectivity index (χ4n) is 3.42. The molecule has 28 heavy (non-hydrogen) atoms. The van der Waals surface area contributed by atoms with Gasteiger partial charge in [0.05, 0.1) is 13.2 Å². The summed E-state index contributed by atoms with van der Waals surface area (Å²) in [5, 5.41) is 0. The topological polar surface area (TPSA) is 42.0 Å². The Labute approximate surface area is 182 Å². The van der Waals surface area contributed by atoms with Crippen molar-refractivity contribution in [2.45, 2.75) is 39.2 Å². The smallest absolute Gasteiger partial charge is 0.328 e. The second-order valence-electron chi connectivity index (χ2n) is 6.72. The third kappa shape index (κ3) is 9.10. The van der Waals surface area contributed by atoms with E-state index in [4.69, 9.17) is 9.47 Å². The Kier molecular flexibility index (Phi) is 15.5. The van der Waals surface area contributed by atoms with Gasteiger partial charge in [-0.2, -0.15) is 0 Å². The van der Waals surface area contributed by atoms with Crippen LogP contribution in [-0.4, -0.2) is 68.3 Å². The molecule has 0 saturated carbocycles. The lowest BCUT2D eigenvalue weighted by Crippen LogP contribution is -2.39. The first-order chi connectivity index (χ1) is 12.8. The number of hydrogen-bond donors (Lipinski definition) is 0. The third-order valence-electron chi connectivity index (χ3n) is 5.01. The summed E-state index contributed by atoms with van der Waals surface area (Å²) in [6.45, 7) is 10.6. The highest BCUT2D eigenvalue weighted by molar-refractivity contribution is 5.85. The van der Waals surface area contributed by atoms with Crippen molar-refractivity contribution in [3.63, 3.8) is 0 Å². The van der Waals surface area contributed by atoms with Crippen LogP contribution in [0.1, 0.15) is 44.7 Å². The van der Waals surface area contributed by atoms with Gasteiger partial charge in [-0.05, 0) is 44.6 Å². The van der Waals surface area contributed by atoms with E-state index in [-0.39, 0.29) is 36.8 Å². The zero-order chi connectivity index (χ0) is 18.6. The molecule has 1 fully saturated rings. The molecule has 1 aliphatic heterocycles. The summed E-state index contributed by atoms with van der Waals surface area (Å²) in [6, 6.07) is 9.67. The minimum atomic E-state index is -0.299. The number of nitrogens with zero attached hydrogens (tertiary/aromatic N) is 2. The first kappa shape index (κ1) is 27.1. The highest BCUT2D eigenvalue weighted by atomic mass is 35.5. The van der Waals surface area contributed by atoms with Crippen molar-refractivity contribution >= 4 is 30.8 Å². The minimum absolute atomic E-state index is 0. The van der Waals surface area contributed by atoms with Crippen LogP contribution in [0.25, 0.3) is 0 Å². The van der Waals surface area contributed by atoms with Crippen LogP contribution in [0.15, 0.2) is 30.3 Å². The molecule has 0 bridgehead atoms. The molecule has 7 heteroatoms. The number of piperidine rings is 1. The molecule has 1 saturated heterocycles. The van der Waals surface area contributed by atoms with Crippen LogP contribution in [-0.2, 0) is 14.3 Å². The lowest BCUT2D eigenvalue weighted by Gasteiger charge is -2.33. The summed E-state index contributed by atoms with van der Waals surface area (Å²) < 4.78 is 11.2. The molecule has 1 heterocycles. The van der Waals surface area contributed by atoms with Gasteiger partial charge < -0.3 is 14.4 Å². The van der Waals surface area contributed by atoms with Gasteiger partial charge in [0, 0.05) is 6.54 Å². The molecule has 162 valence electrons. The zero-order valence-electron chi connectivity index (χ0n) is 17.2. The summed E-state index contributed by atoms with van der Waals surface area (Å²) >= 11 is 0. The Balaban J connectivity index is 0.00000364. The fourth-order valence-corrected chi connectivity index (χ4v) is 3.42. The number of halogens is 2. The molecule has 0 aromatic heterocycles. The van der Waals surface area contributed by atoms with E-state index < -0.39 is 0 Å². The van der Waals surface area contributed by atoms with E-state index in [1.165, 1.54) is 6.42 Å². The Hall–Kier alpha value is -0.850. The van der Waals surface area contributed by atoms with Gasteiger partial charge in [0.15, 0.2) is 0 Å². The van der Waals surface area contributed by atoms with Crippen LogP contribution < -0.4 is 0 Å². The molecular weight excluding hydrogens is 399 g/mol. The van der Waals surface area contributed by atoms with Gasteiger partial charge in [-0.3, -0.25) is 4.90 Å². The van der Waals surface area contributed by atoms with Gasteiger partial charge in [0.2, 0.25) is 0 Å². The maximum absolute atomic E-state index is 12.7. The van der Waals surface area contributed by atoms with Gasteiger partial charge in [-0.1, -0.05) is 50.6 Å². The largest absolute Gasteiger partial charge is 0.462 e. The fraction of sp³-hybridized carbons (Fsp3) is 0.667. The second kappa shape index (κ2) is 16.0. The average Bonchev–Trinajstić information content (AvgIpc) is 2.69. The Morgan fingerprint density at radius 1 is 1.00 bits per heavy atom. The molecule has 1 aromatic carbocycles. The predicted molar refractivity (Wildman–Crippen MR) is 119 cm³/mol. The van der Waals surface area contributed by atoms with E-state index >= 15 is 0 Å². The van der Waals surface area contributed by atoms with E-state index in [2.05, 4.69) is 23.6 Å². The highest BCUT2D eigenvalue weighted by Gasteiger charge is 2.29. The van der Waals surface area contributed by atoms with Gasteiger partial charge in [-0.25, -0.2) is 4.79 Å².